The number of amides is 1. The van der Waals surface area contributed by atoms with Gasteiger partial charge < -0.3 is 19.5 Å². The van der Waals surface area contributed by atoms with E-state index < -0.39 is 6.10 Å². The summed E-state index contributed by atoms with van der Waals surface area (Å²) < 4.78 is 11.2. The molecular formula is C25H34N2O4. The molecule has 1 saturated heterocycles. The van der Waals surface area contributed by atoms with Crippen molar-refractivity contribution in [3.05, 3.63) is 71.3 Å². The van der Waals surface area contributed by atoms with Crippen LogP contribution in [0.15, 0.2) is 54.6 Å². The van der Waals surface area contributed by atoms with E-state index in [1.807, 2.05) is 66.4 Å². The molecule has 0 bridgehead atoms. The monoisotopic (exact) mass is 426 g/mol. The van der Waals surface area contributed by atoms with Gasteiger partial charge in [0.1, 0.15) is 0 Å². The van der Waals surface area contributed by atoms with Gasteiger partial charge >= 0.3 is 0 Å². The highest BCUT2D eigenvalue weighted by Crippen LogP contribution is 2.13. The van der Waals surface area contributed by atoms with E-state index in [1.165, 1.54) is 0 Å². The van der Waals surface area contributed by atoms with Gasteiger partial charge in [0.05, 0.1) is 25.4 Å². The highest BCUT2D eigenvalue weighted by Gasteiger charge is 2.26. The molecule has 0 aliphatic carbocycles. The highest BCUT2D eigenvalue weighted by atomic mass is 16.5. The predicted octanol–water partition coefficient (Wildman–Crippen LogP) is 2.39. The van der Waals surface area contributed by atoms with Gasteiger partial charge in [-0.05, 0) is 31.0 Å². The summed E-state index contributed by atoms with van der Waals surface area (Å²) in [5.74, 6) is -0.0121. The first-order chi connectivity index (χ1) is 15.0. The number of ether oxygens (including phenoxy) is 2. The van der Waals surface area contributed by atoms with Crippen LogP contribution in [-0.4, -0.2) is 86.1 Å². The van der Waals surface area contributed by atoms with Crippen LogP contribution in [0.2, 0.25) is 0 Å². The molecule has 2 atom stereocenters. The van der Waals surface area contributed by atoms with Crippen molar-refractivity contribution >= 4 is 5.91 Å². The molecule has 2 aromatic rings. The fourth-order valence-electron chi connectivity index (χ4n) is 3.91. The first kappa shape index (κ1) is 23.4. The minimum absolute atomic E-state index is 0.0121. The van der Waals surface area contributed by atoms with Gasteiger partial charge in [0.25, 0.3) is 5.91 Å². The quantitative estimate of drug-likeness (QED) is 0.632. The number of aliphatic hydroxyl groups excluding tert-OH is 1. The number of nitrogens with zero attached hydrogens (tertiary/aromatic N) is 2. The van der Waals surface area contributed by atoms with E-state index in [0.29, 0.717) is 51.4 Å². The Bertz CT molecular complexity index is 797. The van der Waals surface area contributed by atoms with E-state index in [-0.39, 0.29) is 12.0 Å². The molecular weight excluding hydrogens is 392 g/mol. The molecule has 1 N–H and O–H groups in total. The number of aliphatic hydroxyl groups is 1. The van der Waals surface area contributed by atoms with Gasteiger partial charge in [-0.15, -0.1) is 0 Å². The van der Waals surface area contributed by atoms with E-state index in [4.69, 9.17) is 9.47 Å². The van der Waals surface area contributed by atoms with Crippen LogP contribution < -0.4 is 0 Å². The number of aryl methyl sites for hydroxylation is 1. The Hall–Kier alpha value is -2.25. The Kier molecular flexibility index (Phi) is 9.03. The second-order valence-corrected chi connectivity index (χ2v) is 8.21. The summed E-state index contributed by atoms with van der Waals surface area (Å²) in [7, 11) is 1.64. The smallest absolute Gasteiger partial charge is 0.254 e. The van der Waals surface area contributed by atoms with Crippen LogP contribution in [-0.2, 0) is 15.9 Å². The van der Waals surface area contributed by atoms with Crippen LogP contribution in [0.4, 0.5) is 0 Å². The summed E-state index contributed by atoms with van der Waals surface area (Å²) >= 11 is 0. The van der Waals surface area contributed by atoms with E-state index in [2.05, 4.69) is 4.90 Å². The Morgan fingerprint density at radius 1 is 1.23 bits per heavy atom. The average molecular weight is 427 g/mol. The third-order valence-electron chi connectivity index (χ3n) is 5.58. The molecule has 3 rings (SSSR count). The van der Waals surface area contributed by atoms with Gasteiger partial charge in [-0.3, -0.25) is 9.69 Å². The van der Waals surface area contributed by atoms with Crippen LogP contribution in [0.1, 0.15) is 21.5 Å². The zero-order valence-electron chi connectivity index (χ0n) is 18.6. The molecule has 1 fully saturated rings. The van der Waals surface area contributed by atoms with Crippen molar-refractivity contribution in [3.63, 3.8) is 0 Å². The fourth-order valence-corrected chi connectivity index (χ4v) is 3.91. The van der Waals surface area contributed by atoms with Crippen LogP contribution in [0, 0.1) is 6.92 Å². The van der Waals surface area contributed by atoms with Crippen molar-refractivity contribution in [1.82, 2.24) is 9.80 Å². The maximum Gasteiger partial charge on any atom is 0.254 e. The molecule has 6 nitrogen and oxygen atoms in total. The molecule has 1 amide bonds. The topological polar surface area (TPSA) is 62.2 Å². The zero-order valence-corrected chi connectivity index (χ0v) is 18.6. The number of carbonyl (C=O) groups is 1. The molecule has 0 saturated carbocycles. The molecule has 1 heterocycles. The SMILES string of the molecule is COCCN(C[C@H]1CN(C[C@@H](O)Cc2ccccc2)CCO1)C(=O)c1ccc(C)cc1. The van der Waals surface area contributed by atoms with Gasteiger partial charge in [0, 0.05) is 45.4 Å². The molecule has 0 aromatic heterocycles. The van der Waals surface area contributed by atoms with Gasteiger partial charge in [0.15, 0.2) is 0 Å². The maximum absolute atomic E-state index is 13.1. The summed E-state index contributed by atoms with van der Waals surface area (Å²) in [6.07, 6.45) is 0.109. The Labute approximate surface area is 185 Å². The van der Waals surface area contributed by atoms with E-state index in [1.54, 1.807) is 7.11 Å². The molecule has 0 unspecified atom stereocenters. The lowest BCUT2D eigenvalue weighted by Gasteiger charge is -2.36. The minimum atomic E-state index is -0.431. The fraction of sp³-hybridized carbons (Fsp3) is 0.480. The summed E-state index contributed by atoms with van der Waals surface area (Å²) in [6.45, 7) is 6.17. The highest BCUT2D eigenvalue weighted by molar-refractivity contribution is 5.94. The summed E-state index contributed by atoms with van der Waals surface area (Å²) in [4.78, 5) is 17.1. The molecule has 6 heteroatoms. The first-order valence-corrected chi connectivity index (χ1v) is 11.0. The maximum atomic E-state index is 13.1. The lowest BCUT2D eigenvalue weighted by molar-refractivity contribution is -0.0515. The molecule has 1 aliphatic rings. The largest absolute Gasteiger partial charge is 0.391 e. The van der Waals surface area contributed by atoms with E-state index in [0.717, 1.165) is 17.7 Å². The molecule has 0 spiro atoms. The number of morpholine rings is 1. The average Bonchev–Trinajstić information content (AvgIpc) is 2.77. The zero-order chi connectivity index (χ0) is 22.1. The molecule has 0 radical (unpaired) electrons. The van der Waals surface area contributed by atoms with Gasteiger partial charge in [-0.1, -0.05) is 48.0 Å². The van der Waals surface area contributed by atoms with Gasteiger partial charge in [0.2, 0.25) is 0 Å². The predicted molar refractivity (Wildman–Crippen MR) is 121 cm³/mol. The molecule has 1 aliphatic heterocycles. The molecule has 168 valence electrons. The second-order valence-electron chi connectivity index (χ2n) is 8.21. The number of hydrogen-bond acceptors (Lipinski definition) is 5. The first-order valence-electron chi connectivity index (χ1n) is 11.0. The third-order valence-corrected chi connectivity index (χ3v) is 5.58. The van der Waals surface area contributed by atoms with Gasteiger partial charge in [-0.25, -0.2) is 0 Å². The number of β-amino-alcohol motifs (C(OH)–C–C–N with tert-alkyl or cyclic N) is 1. The summed E-state index contributed by atoms with van der Waals surface area (Å²) in [5.41, 5.74) is 2.93. The van der Waals surface area contributed by atoms with Crippen LogP contribution in [0.3, 0.4) is 0 Å². The number of carbonyl (C=O) groups excluding carboxylic acids is 1. The Morgan fingerprint density at radius 2 is 1.97 bits per heavy atom. The number of rotatable bonds is 10. The molecule has 31 heavy (non-hydrogen) atoms. The standard InChI is InChI=1S/C25H34N2O4/c1-20-8-10-22(11-9-20)25(29)27(13-14-30-2)19-24-18-26(12-15-31-24)17-23(28)16-21-6-4-3-5-7-21/h3-11,23-24,28H,12-19H2,1-2H3/t23-,24+/m0/s1. The Morgan fingerprint density at radius 3 is 2.68 bits per heavy atom. The van der Waals surface area contributed by atoms with E-state index in [9.17, 15) is 9.90 Å². The number of methoxy groups -OCH3 is 1. The van der Waals surface area contributed by atoms with Crippen LogP contribution in [0.5, 0.6) is 0 Å². The summed E-state index contributed by atoms with van der Waals surface area (Å²) in [6, 6.07) is 17.7. The van der Waals surface area contributed by atoms with Crippen molar-refractivity contribution < 1.29 is 19.4 Å². The minimum Gasteiger partial charge on any atom is -0.391 e. The van der Waals surface area contributed by atoms with Crippen molar-refractivity contribution in [2.75, 3.05) is 53.0 Å². The third kappa shape index (κ3) is 7.43. The van der Waals surface area contributed by atoms with Crippen LogP contribution in [0.25, 0.3) is 0 Å². The van der Waals surface area contributed by atoms with Crippen molar-refractivity contribution in [2.45, 2.75) is 25.6 Å². The van der Waals surface area contributed by atoms with Gasteiger partial charge in [-0.2, -0.15) is 0 Å². The number of benzene rings is 2. The van der Waals surface area contributed by atoms with Crippen molar-refractivity contribution in [2.24, 2.45) is 0 Å². The molecule has 2 aromatic carbocycles. The Balaban J connectivity index is 1.56. The van der Waals surface area contributed by atoms with E-state index >= 15 is 0 Å². The second kappa shape index (κ2) is 12.0. The lowest BCUT2D eigenvalue weighted by atomic mass is 10.1. The number of hydrogen-bond donors (Lipinski definition) is 1. The normalized spacial score (nSPS) is 18.0. The lowest BCUT2D eigenvalue weighted by Crippen LogP contribution is -2.51. The van der Waals surface area contributed by atoms with Crippen molar-refractivity contribution in [1.29, 1.82) is 0 Å². The van der Waals surface area contributed by atoms with Crippen LogP contribution >= 0.6 is 0 Å². The van der Waals surface area contributed by atoms with Crippen molar-refractivity contribution in [3.8, 4) is 0 Å². The summed E-state index contributed by atoms with van der Waals surface area (Å²) in [5, 5.41) is 10.5.